The Labute approximate surface area is 120 Å². The molecule has 108 valence electrons. The van der Waals surface area contributed by atoms with Crippen LogP contribution in [0, 0.1) is 6.92 Å². The fourth-order valence-electron chi connectivity index (χ4n) is 2.01. The van der Waals surface area contributed by atoms with Gasteiger partial charge in [0.15, 0.2) is 0 Å². The first kappa shape index (κ1) is 14.3. The highest BCUT2D eigenvalue weighted by atomic mass is 16.5. The molecule has 2 aromatic rings. The van der Waals surface area contributed by atoms with Crippen molar-refractivity contribution in [3.63, 3.8) is 0 Å². The van der Waals surface area contributed by atoms with Gasteiger partial charge in [-0.05, 0) is 45.0 Å². The molecule has 0 amide bonds. The van der Waals surface area contributed by atoms with Crippen molar-refractivity contribution in [1.29, 1.82) is 0 Å². The van der Waals surface area contributed by atoms with E-state index in [1.807, 2.05) is 58.2 Å². The highest BCUT2D eigenvalue weighted by molar-refractivity contribution is 5.62. The lowest BCUT2D eigenvalue weighted by molar-refractivity contribution is 0.244. The minimum Gasteiger partial charge on any atom is -0.489 e. The Morgan fingerprint density at radius 1 is 1.25 bits per heavy atom. The number of nitrogens with zero attached hydrogens (tertiary/aromatic N) is 1. The van der Waals surface area contributed by atoms with Crippen LogP contribution in [0.3, 0.4) is 0 Å². The number of hydrogen-bond acceptors (Lipinski definition) is 4. The van der Waals surface area contributed by atoms with Crippen molar-refractivity contribution < 1.29 is 9.15 Å². The van der Waals surface area contributed by atoms with Crippen LogP contribution < -0.4 is 15.4 Å². The Hall–Kier alpha value is -2.10. The van der Waals surface area contributed by atoms with Gasteiger partial charge in [0, 0.05) is 18.8 Å². The van der Waals surface area contributed by atoms with E-state index in [4.69, 9.17) is 14.9 Å². The lowest BCUT2D eigenvalue weighted by atomic mass is 10.2. The molecule has 4 nitrogen and oxygen atoms in total. The standard InChI is InChI=1S/C16H22N2O2/c1-11(2)19-16-9-13(6-8-15(16)17)18(4)10-14-7-5-12(3)20-14/h5-9,11H,10,17H2,1-4H3. The summed E-state index contributed by atoms with van der Waals surface area (Å²) in [7, 11) is 2.02. The summed E-state index contributed by atoms with van der Waals surface area (Å²) in [5.74, 6) is 2.59. The van der Waals surface area contributed by atoms with Crippen molar-refractivity contribution in [3.8, 4) is 5.75 Å². The predicted molar refractivity (Wildman–Crippen MR) is 82.2 cm³/mol. The van der Waals surface area contributed by atoms with E-state index in [2.05, 4.69) is 4.90 Å². The summed E-state index contributed by atoms with van der Waals surface area (Å²) in [6, 6.07) is 9.79. The molecule has 1 heterocycles. The first-order valence-electron chi connectivity index (χ1n) is 6.78. The van der Waals surface area contributed by atoms with Crippen LogP contribution in [0.25, 0.3) is 0 Å². The van der Waals surface area contributed by atoms with Crippen molar-refractivity contribution in [3.05, 3.63) is 41.9 Å². The number of nitrogen functional groups attached to an aromatic ring is 1. The predicted octanol–water partition coefficient (Wildman–Crippen LogP) is 3.59. The third-order valence-electron chi connectivity index (χ3n) is 2.99. The number of furan rings is 1. The average Bonchev–Trinajstić information content (AvgIpc) is 2.77. The molecule has 0 aliphatic rings. The van der Waals surface area contributed by atoms with E-state index in [0.717, 1.165) is 23.0 Å². The molecule has 0 atom stereocenters. The van der Waals surface area contributed by atoms with E-state index in [-0.39, 0.29) is 6.10 Å². The van der Waals surface area contributed by atoms with Gasteiger partial charge in [-0.1, -0.05) is 0 Å². The van der Waals surface area contributed by atoms with E-state index in [1.54, 1.807) is 0 Å². The molecule has 2 N–H and O–H groups in total. The maximum Gasteiger partial charge on any atom is 0.144 e. The molecule has 0 spiro atoms. The lowest BCUT2D eigenvalue weighted by Crippen LogP contribution is -2.16. The Bertz CT molecular complexity index is 576. The molecule has 0 radical (unpaired) electrons. The van der Waals surface area contributed by atoms with E-state index < -0.39 is 0 Å². The number of aryl methyl sites for hydroxylation is 1. The van der Waals surface area contributed by atoms with Gasteiger partial charge in [0.25, 0.3) is 0 Å². The second-order valence-corrected chi connectivity index (χ2v) is 5.26. The van der Waals surface area contributed by atoms with Gasteiger partial charge in [0.1, 0.15) is 17.3 Å². The summed E-state index contributed by atoms with van der Waals surface area (Å²) in [6.07, 6.45) is 0.102. The number of ether oxygens (including phenoxy) is 1. The third kappa shape index (κ3) is 3.47. The second-order valence-electron chi connectivity index (χ2n) is 5.26. The zero-order valence-electron chi connectivity index (χ0n) is 12.5. The van der Waals surface area contributed by atoms with Crippen LogP contribution in [0.15, 0.2) is 34.7 Å². The molecule has 0 saturated heterocycles. The zero-order valence-corrected chi connectivity index (χ0v) is 12.5. The van der Waals surface area contributed by atoms with Gasteiger partial charge in [-0.15, -0.1) is 0 Å². The van der Waals surface area contributed by atoms with Crippen LogP contribution in [0.5, 0.6) is 5.75 Å². The van der Waals surface area contributed by atoms with Crippen molar-refractivity contribution in [2.45, 2.75) is 33.4 Å². The molecule has 1 aromatic carbocycles. The molecule has 20 heavy (non-hydrogen) atoms. The van der Waals surface area contributed by atoms with Crippen LogP contribution in [0.2, 0.25) is 0 Å². The van der Waals surface area contributed by atoms with Crippen LogP contribution in [-0.2, 0) is 6.54 Å². The van der Waals surface area contributed by atoms with Crippen molar-refractivity contribution >= 4 is 11.4 Å². The fourth-order valence-corrected chi connectivity index (χ4v) is 2.01. The quantitative estimate of drug-likeness (QED) is 0.846. The summed E-state index contributed by atoms with van der Waals surface area (Å²) in [4.78, 5) is 2.10. The van der Waals surface area contributed by atoms with E-state index in [9.17, 15) is 0 Å². The zero-order chi connectivity index (χ0) is 14.7. The van der Waals surface area contributed by atoms with Gasteiger partial charge in [-0.2, -0.15) is 0 Å². The van der Waals surface area contributed by atoms with Gasteiger partial charge in [-0.25, -0.2) is 0 Å². The SMILES string of the molecule is Cc1ccc(CN(C)c2ccc(N)c(OC(C)C)c2)o1. The number of hydrogen-bond donors (Lipinski definition) is 1. The topological polar surface area (TPSA) is 51.6 Å². The Morgan fingerprint density at radius 3 is 2.60 bits per heavy atom. The molecule has 0 saturated carbocycles. The average molecular weight is 274 g/mol. The van der Waals surface area contributed by atoms with Crippen LogP contribution >= 0.6 is 0 Å². The molecule has 0 aliphatic heterocycles. The maximum atomic E-state index is 5.93. The largest absolute Gasteiger partial charge is 0.489 e. The summed E-state index contributed by atoms with van der Waals surface area (Å²) in [6.45, 7) is 6.63. The van der Waals surface area contributed by atoms with E-state index in [1.165, 1.54) is 0 Å². The Morgan fingerprint density at radius 2 is 2.00 bits per heavy atom. The highest BCUT2D eigenvalue weighted by Crippen LogP contribution is 2.28. The van der Waals surface area contributed by atoms with Crippen molar-refractivity contribution in [1.82, 2.24) is 0 Å². The normalized spacial score (nSPS) is 10.8. The highest BCUT2D eigenvalue weighted by Gasteiger charge is 2.09. The Balaban J connectivity index is 2.15. The van der Waals surface area contributed by atoms with Crippen molar-refractivity contribution in [2.24, 2.45) is 0 Å². The van der Waals surface area contributed by atoms with E-state index >= 15 is 0 Å². The second kappa shape index (κ2) is 5.90. The van der Waals surface area contributed by atoms with Gasteiger partial charge >= 0.3 is 0 Å². The molecule has 0 unspecified atom stereocenters. The fraction of sp³-hybridized carbons (Fsp3) is 0.375. The van der Waals surface area contributed by atoms with Gasteiger partial charge in [0.05, 0.1) is 18.3 Å². The molecule has 0 aliphatic carbocycles. The summed E-state index contributed by atoms with van der Waals surface area (Å²) in [5, 5.41) is 0. The number of anilines is 2. The monoisotopic (exact) mass is 274 g/mol. The molecule has 0 bridgehead atoms. The first-order valence-corrected chi connectivity index (χ1v) is 6.78. The molecular formula is C16H22N2O2. The lowest BCUT2D eigenvalue weighted by Gasteiger charge is -2.20. The number of benzene rings is 1. The van der Waals surface area contributed by atoms with Crippen molar-refractivity contribution in [2.75, 3.05) is 17.7 Å². The third-order valence-corrected chi connectivity index (χ3v) is 2.99. The van der Waals surface area contributed by atoms with Gasteiger partial charge in [-0.3, -0.25) is 0 Å². The molecule has 1 aromatic heterocycles. The van der Waals surface area contributed by atoms with Crippen LogP contribution in [0.1, 0.15) is 25.4 Å². The molecular weight excluding hydrogens is 252 g/mol. The molecule has 4 heteroatoms. The van der Waals surface area contributed by atoms with E-state index in [0.29, 0.717) is 12.2 Å². The smallest absolute Gasteiger partial charge is 0.144 e. The summed E-state index contributed by atoms with van der Waals surface area (Å²) < 4.78 is 11.3. The number of nitrogens with two attached hydrogens (primary N) is 1. The first-order chi connectivity index (χ1) is 9.45. The molecule has 2 rings (SSSR count). The Kier molecular flexibility index (Phi) is 4.23. The minimum absolute atomic E-state index is 0.102. The van der Waals surface area contributed by atoms with Crippen LogP contribution in [-0.4, -0.2) is 13.2 Å². The summed E-state index contributed by atoms with van der Waals surface area (Å²) in [5.41, 5.74) is 7.63. The van der Waals surface area contributed by atoms with Gasteiger partial charge in [0.2, 0.25) is 0 Å². The molecule has 0 fully saturated rings. The van der Waals surface area contributed by atoms with Gasteiger partial charge < -0.3 is 19.8 Å². The van der Waals surface area contributed by atoms with Crippen LogP contribution in [0.4, 0.5) is 11.4 Å². The summed E-state index contributed by atoms with van der Waals surface area (Å²) >= 11 is 0. The maximum absolute atomic E-state index is 5.93. The number of rotatable bonds is 5. The minimum atomic E-state index is 0.102.